The molecule has 0 spiro atoms. The highest BCUT2D eigenvalue weighted by Gasteiger charge is 2.31. The van der Waals surface area contributed by atoms with Crippen molar-refractivity contribution in [1.82, 2.24) is 4.72 Å². The van der Waals surface area contributed by atoms with Crippen molar-refractivity contribution in [2.45, 2.75) is 37.1 Å². The number of nitrogens with zero attached hydrogens (tertiary/aromatic N) is 1. The Morgan fingerprint density at radius 2 is 2.17 bits per heavy atom. The maximum absolute atomic E-state index is 12.2. The van der Waals surface area contributed by atoms with Crippen molar-refractivity contribution >= 4 is 10.0 Å². The molecule has 0 saturated heterocycles. The molecule has 1 N–H and O–H groups in total. The van der Waals surface area contributed by atoms with E-state index in [2.05, 4.69) is 10.8 Å². The Kier molecular flexibility index (Phi) is 3.69. The summed E-state index contributed by atoms with van der Waals surface area (Å²) < 4.78 is 27.0. The highest BCUT2D eigenvalue weighted by Crippen LogP contribution is 2.26. The summed E-state index contributed by atoms with van der Waals surface area (Å²) in [5.74, 6) is -0.204. The first kappa shape index (κ1) is 13.1. The Labute approximate surface area is 108 Å². The molecule has 0 aromatic heterocycles. The van der Waals surface area contributed by atoms with Gasteiger partial charge in [0.15, 0.2) is 0 Å². The van der Waals surface area contributed by atoms with Crippen molar-refractivity contribution in [3.8, 4) is 6.07 Å². The number of sulfonamides is 1. The largest absolute Gasteiger partial charge is 0.240 e. The molecular formula is C13H16N2O2S. The molecule has 2 unspecified atom stereocenters. The molecule has 1 aromatic rings. The zero-order valence-electron chi connectivity index (χ0n) is 10.3. The van der Waals surface area contributed by atoms with Crippen molar-refractivity contribution in [1.29, 1.82) is 5.26 Å². The predicted octanol–water partition coefficient (Wildman–Crippen LogP) is 1.97. The van der Waals surface area contributed by atoms with E-state index < -0.39 is 10.0 Å². The second-order valence-corrected chi connectivity index (χ2v) is 6.42. The van der Waals surface area contributed by atoms with E-state index in [4.69, 9.17) is 5.26 Å². The molecule has 1 saturated carbocycles. The molecule has 2 atom stereocenters. The van der Waals surface area contributed by atoms with E-state index in [1.54, 1.807) is 18.2 Å². The molecule has 0 radical (unpaired) electrons. The van der Waals surface area contributed by atoms with Gasteiger partial charge in [0.25, 0.3) is 0 Å². The second kappa shape index (κ2) is 5.09. The number of rotatable bonds is 3. The first-order valence-electron chi connectivity index (χ1n) is 6.01. The van der Waals surface area contributed by atoms with Crippen LogP contribution in [0.25, 0.3) is 0 Å². The van der Waals surface area contributed by atoms with Gasteiger partial charge in [0.05, 0.1) is 16.9 Å². The minimum atomic E-state index is -3.51. The van der Waals surface area contributed by atoms with Crippen LogP contribution in [0.4, 0.5) is 0 Å². The Morgan fingerprint density at radius 1 is 1.39 bits per heavy atom. The third-order valence-corrected chi connectivity index (χ3v) is 4.78. The molecule has 0 aliphatic heterocycles. The zero-order chi connectivity index (χ0) is 13.2. The lowest BCUT2D eigenvalue weighted by molar-refractivity contribution is 0.515. The Bertz CT molecular complexity index is 575. The predicted molar refractivity (Wildman–Crippen MR) is 68.2 cm³/mol. The van der Waals surface area contributed by atoms with Gasteiger partial charge < -0.3 is 0 Å². The summed E-state index contributed by atoms with van der Waals surface area (Å²) in [5.41, 5.74) is 0.904. The van der Waals surface area contributed by atoms with Crippen LogP contribution in [0.1, 0.15) is 24.8 Å². The second-order valence-electron chi connectivity index (χ2n) is 4.71. The van der Waals surface area contributed by atoms with E-state index in [0.29, 0.717) is 0 Å². The molecule has 18 heavy (non-hydrogen) atoms. The molecule has 1 aliphatic carbocycles. The van der Waals surface area contributed by atoms with Crippen molar-refractivity contribution in [2.24, 2.45) is 5.92 Å². The van der Waals surface area contributed by atoms with Crippen LogP contribution in [-0.2, 0) is 10.0 Å². The van der Waals surface area contributed by atoms with Gasteiger partial charge in [-0.25, -0.2) is 13.1 Å². The summed E-state index contributed by atoms with van der Waals surface area (Å²) in [6, 6.07) is 8.71. The number of nitrogens with one attached hydrogen (secondary N) is 1. The van der Waals surface area contributed by atoms with E-state index in [-0.39, 0.29) is 16.9 Å². The molecular weight excluding hydrogens is 248 g/mol. The normalized spacial score (nSPS) is 23.8. The van der Waals surface area contributed by atoms with E-state index >= 15 is 0 Å². The molecule has 0 amide bonds. The molecule has 1 aromatic carbocycles. The fourth-order valence-corrected chi connectivity index (χ4v) is 3.72. The lowest BCUT2D eigenvalue weighted by Gasteiger charge is -2.15. The fraction of sp³-hybridized carbons (Fsp3) is 0.462. The van der Waals surface area contributed by atoms with Crippen LogP contribution in [0.3, 0.4) is 0 Å². The van der Waals surface area contributed by atoms with Crippen molar-refractivity contribution < 1.29 is 8.42 Å². The molecule has 4 nitrogen and oxygen atoms in total. The van der Waals surface area contributed by atoms with E-state index in [9.17, 15) is 8.42 Å². The Hall–Kier alpha value is -1.38. The summed E-state index contributed by atoms with van der Waals surface area (Å²) in [6.45, 7) is 1.85. The van der Waals surface area contributed by atoms with Gasteiger partial charge >= 0.3 is 0 Å². The van der Waals surface area contributed by atoms with Gasteiger partial charge in [-0.3, -0.25) is 0 Å². The highest BCUT2D eigenvalue weighted by molar-refractivity contribution is 7.89. The summed E-state index contributed by atoms with van der Waals surface area (Å²) in [6.07, 6.45) is 2.42. The maximum Gasteiger partial charge on any atom is 0.240 e. The number of aryl methyl sites for hydroxylation is 1. The monoisotopic (exact) mass is 264 g/mol. The van der Waals surface area contributed by atoms with Crippen LogP contribution in [0.2, 0.25) is 0 Å². The highest BCUT2D eigenvalue weighted by atomic mass is 32.2. The average Bonchev–Trinajstić information content (AvgIpc) is 2.75. The molecule has 2 rings (SSSR count). The van der Waals surface area contributed by atoms with Gasteiger partial charge in [-0.05, 0) is 37.5 Å². The molecule has 1 aliphatic rings. The quantitative estimate of drug-likeness (QED) is 0.907. The van der Waals surface area contributed by atoms with Crippen LogP contribution < -0.4 is 4.72 Å². The molecule has 1 fully saturated rings. The minimum absolute atomic E-state index is 0.204. The summed E-state index contributed by atoms with van der Waals surface area (Å²) >= 11 is 0. The molecule has 96 valence electrons. The number of nitriles is 1. The lowest BCUT2D eigenvalue weighted by Crippen LogP contribution is -2.36. The lowest BCUT2D eigenvalue weighted by atomic mass is 10.1. The van der Waals surface area contributed by atoms with Gasteiger partial charge in [-0.15, -0.1) is 0 Å². The molecule has 0 bridgehead atoms. The number of hydrogen-bond acceptors (Lipinski definition) is 3. The Morgan fingerprint density at radius 3 is 2.83 bits per heavy atom. The first-order valence-corrected chi connectivity index (χ1v) is 7.50. The number of benzene rings is 1. The van der Waals surface area contributed by atoms with Gasteiger partial charge in [-0.2, -0.15) is 5.26 Å². The smallest absolute Gasteiger partial charge is 0.207 e. The van der Waals surface area contributed by atoms with Gasteiger partial charge in [0.1, 0.15) is 0 Å². The van der Waals surface area contributed by atoms with E-state index in [0.717, 1.165) is 24.8 Å². The van der Waals surface area contributed by atoms with Crippen molar-refractivity contribution in [3.63, 3.8) is 0 Å². The van der Waals surface area contributed by atoms with Crippen LogP contribution in [0.5, 0.6) is 0 Å². The standard InChI is InChI=1S/C13H16N2O2S/c1-10-4-2-6-12(8-10)18(16,17)15-13-7-3-5-11(13)9-14/h2,4,6,8,11,13,15H,3,5,7H2,1H3. The minimum Gasteiger partial charge on any atom is -0.207 e. The van der Waals surface area contributed by atoms with Gasteiger partial charge in [0, 0.05) is 6.04 Å². The summed E-state index contributed by atoms with van der Waals surface area (Å²) in [4.78, 5) is 0.270. The molecule has 5 heteroatoms. The topological polar surface area (TPSA) is 70.0 Å². The van der Waals surface area contributed by atoms with Crippen molar-refractivity contribution in [3.05, 3.63) is 29.8 Å². The van der Waals surface area contributed by atoms with Crippen molar-refractivity contribution in [2.75, 3.05) is 0 Å². The van der Waals surface area contributed by atoms with Crippen LogP contribution in [-0.4, -0.2) is 14.5 Å². The van der Waals surface area contributed by atoms with Crippen LogP contribution >= 0.6 is 0 Å². The van der Waals surface area contributed by atoms with Gasteiger partial charge in [0.2, 0.25) is 10.0 Å². The summed E-state index contributed by atoms with van der Waals surface area (Å²) in [7, 11) is -3.51. The third-order valence-electron chi connectivity index (χ3n) is 3.29. The molecule has 0 heterocycles. The Balaban J connectivity index is 2.20. The van der Waals surface area contributed by atoms with E-state index in [1.807, 2.05) is 13.0 Å². The summed E-state index contributed by atoms with van der Waals surface area (Å²) in [5, 5.41) is 8.96. The van der Waals surface area contributed by atoms with Gasteiger partial charge in [-0.1, -0.05) is 18.6 Å². The zero-order valence-corrected chi connectivity index (χ0v) is 11.1. The van der Waals surface area contributed by atoms with Crippen LogP contribution in [0.15, 0.2) is 29.2 Å². The first-order chi connectivity index (χ1) is 8.53. The average molecular weight is 264 g/mol. The van der Waals surface area contributed by atoms with E-state index in [1.165, 1.54) is 0 Å². The number of hydrogen-bond donors (Lipinski definition) is 1. The SMILES string of the molecule is Cc1cccc(S(=O)(=O)NC2CCCC2C#N)c1. The maximum atomic E-state index is 12.2. The fourth-order valence-electron chi connectivity index (χ4n) is 2.31. The third kappa shape index (κ3) is 2.71. The van der Waals surface area contributed by atoms with Crippen LogP contribution in [0, 0.1) is 24.2 Å².